The lowest BCUT2D eigenvalue weighted by atomic mass is 9.96. The molecule has 1 aliphatic rings. The Balaban J connectivity index is 0.00000400. The molecule has 6 nitrogen and oxygen atoms in total. The van der Waals surface area contributed by atoms with Crippen molar-refractivity contribution in [3.8, 4) is 0 Å². The van der Waals surface area contributed by atoms with Gasteiger partial charge in [-0.05, 0) is 13.3 Å². The van der Waals surface area contributed by atoms with E-state index in [2.05, 4.69) is 4.90 Å². The molecule has 1 fully saturated rings. The first-order chi connectivity index (χ1) is 9.36. The number of β-amino-alcohol motifs (C(OH)–C–C–N with tert-alkyl or cyclic N) is 1. The van der Waals surface area contributed by atoms with Crippen molar-refractivity contribution in [2.75, 3.05) is 46.4 Å². The lowest BCUT2D eigenvalue weighted by molar-refractivity contribution is -0.136. The average molecular weight is 324 g/mol. The van der Waals surface area contributed by atoms with Gasteiger partial charge in [-0.15, -0.1) is 12.4 Å². The smallest absolute Gasteiger partial charge is 0.242 e. The highest BCUT2D eigenvalue weighted by Gasteiger charge is 2.31. The van der Waals surface area contributed by atoms with Gasteiger partial charge in [-0.3, -0.25) is 9.69 Å². The third kappa shape index (κ3) is 6.93. The number of likely N-dealkylation sites (N-methyl/N-ethyl adjacent to an activating group) is 1. The van der Waals surface area contributed by atoms with Gasteiger partial charge in [-0.1, -0.05) is 13.3 Å². The Labute approximate surface area is 134 Å². The van der Waals surface area contributed by atoms with Crippen molar-refractivity contribution in [3.63, 3.8) is 0 Å². The predicted molar refractivity (Wildman–Crippen MR) is 85.7 cm³/mol. The largest absolute Gasteiger partial charge is 0.390 e. The summed E-state index contributed by atoms with van der Waals surface area (Å²) >= 11 is 0. The first kappa shape index (κ1) is 20.6. The van der Waals surface area contributed by atoms with Crippen molar-refractivity contribution in [3.05, 3.63) is 0 Å². The molecule has 2 unspecified atom stereocenters. The van der Waals surface area contributed by atoms with Gasteiger partial charge >= 0.3 is 0 Å². The number of aliphatic hydroxyl groups is 1. The van der Waals surface area contributed by atoms with Crippen LogP contribution in [0.5, 0.6) is 0 Å². The van der Waals surface area contributed by atoms with Crippen molar-refractivity contribution < 1.29 is 14.6 Å². The standard InChI is InChI=1S/C14H29N3O3.ClH/c1-4-5-14(2,15)13(19)16(3)10-12(18)11-17-6-8-20-9-7-17;/h12,18H,4-11,15H2,1-3H3;1H. The number of morpholine rings is 1. The highest BCUT2D eigenvalue weighted by Crippen LogP contribution is 2.12. The Morgan fingerprint density at radius 3 is 2.57 bits per heavy atom. The van der Waals surface area contributed by atoms with Gasteiger partial charge in [0, 0.05) is 33.2 Å². The van der Waals surface area contributed by atoms with Crippen LogP contribution in [0, 0.1) is 0 Å². The monoisotopic (exact) mass is 323 g/mol. The van der Waals surface area contributed by atoms with Gasteiger partial charge in [0.15, 0.2) is 0 Å². The zero-order valence-electron chi connectivity index (χ0n) is 13.4. The van der Waals surface area contributed by atoms with E-state index >= 15 is 0 Å². The Morgan fingerprint density at radius 2 is 2.05 bits per heavy atom. The summed E-state index contributed by atoms with van der Waals surface area (Å²) in [5, 5.41) is 10.1. The quantitative estimate of drug-likeness (QED) is 0.693. The summed E-state index contributed by atoms with van der Waals surface area (Å²) in [5.74, 6) is -0.111. The molecule has 0 spiro atoms. The average Bonchev–Trinajstić information content (AvgIpc) is 2.38. The molecule has 1 rings (SSSR count). The molecular weight excluding hydrogens is 294 g/mol. The van der Waals surface area contributed by atoms with Crippen LogP contribution in [-0.2, 0) is 9.53 Å². The highest BCUT2D eigenvalue weighted by molar-refractivity contribution is 5.85. The van der Waals surface area contributed by atoms with E-state index in [1.54, 1.807) is 18.9 Å². The molecular formula is C14H30ClN3O3. The molecule has 126 valence electrons. The van der Waals surface area contributed by atoms with Gasteiger partial charge in [0.25, 0.3) is 0 Å². The Kier molecular flexibility index (Phi) is 9.40. The van der Waals surface area contributed by atoms with Crippen LogP contribution in [-0.4, -0.2) is 78.9 Å². The molecule has 0 radical (unpaired) electrons. The van der Waals surface area contributed by atoms with Crippen molar-refractivity contribution in [1.29, 1.82) is 0 Å². The highest BCUT2D eigenvalue weighted by atomic mass is 35.5. The zero-order chi connectivity index (χ0) is 15.2. The molecule has 3 N–H and O–H groups in total. The second-order valence-corrected chi connectivity index (χ2v) is 5.92. The van der Waals surface area contributed by atoms with Crippen LogP contribution in [0.1, 0.15) is 26.7 Å². The Hall–Kier alpha value is -0.400. The predicted octanol–water partition coefficient (Wildman–Crippen LogP) is 0.0772. The van der Waals surface area contributed by atoms with Crippen LogP contribution in [0.2, 0.25) is 0 Å². The van der Waals surface area contributed by atoms with E-state index in [4.69, 9.17) is 10.5 Å². The number of nitrogens with two attached hydrogens (primary N) is 1. The number of rotatable bonds is 7. The summed E-state index contributed by atoms with van der Waals surface area (Å²) in [7, 11) is 1.70. The van der Waals surface area contributed by atoms with Gasteiger partial charge in [-0.25, -0.2) is 0 Å². The van der Waals surface area contributed by atoms with Gasteiger partial charge in [-0.2, -0.15) is 0 Å². The topological polar surface area (TPSA) is 79.0 Å². The van der Waals surface area contributed by atoms with Gasteiger partial charge in [0.1, 0.15) is 0 Å². The molecule has 0 aliphatic carbocycles. The number of hydrogen-bond donors (Lipinski definition) is 2. The van der Waals surface area contributed by atoms with E-state index in [9.17, 15) is 9.90 Å². The normalized spacial score (nSPS) is 20.2. The molecule has 0 aromatic carbocycles. The van der Waals surface area contributed by atoms with E-state index in [0.717, 1.165) is 19.5 Å². The number of halogens is 1. The molecule has 0 aromatic heterocycles. The van der Waals surface area contributed by atoms with Crippen LogP contribution in [0.25, 0.3) is 0 Å². The first-order valence-electron chi connectivity index (χ1n) is 7.39. The van der Waals surface area contributed by atoms with Gasteiger partial charge in [0.2, 0.25) is 5.91 Å². The number of carbonyl (C=O) groups is 1. The second kappa shape index (κ2) is 9.58. The van der Waals surface area contributed by atoms with Crippen molar-refractivity contribution in [2.24, 2.45) is 5.73 Å². The number of carbonyl (C=O) groups excluding carboxylic acids is 1. The van der Waals surface area contributed by atoms with Crippen molar-refractivity contribution in [2.45, 2.75) is 38.3 Å². The van der Waals surface area contributed by atoms with Gasteiger partial charge < -0.3 is 20.5 Å². The first-order valence-corrected chi connectivity index (χ1v) is 7.39. The molecule has 2 atom stereocenters. The van der Waals surface area contributed by atoms with E-state index in [1.165, 1.54) is 0 Å². The molecule has 0 saturated carbocycles. The van der Waals surface area contributed by atoms with Crippen LogP contribution < -0.4 is 5.73 Å². The maximum atomic E-state index is 12.2. The molecule has 1 heterocycles. The molecule has 1 saturated heterocycles. The fourth-order valence-corrected chi connectivity index (χ4v) is 2.60. The summed E-state index contributed by atoms with van der Waals surface area (Å²) in [6, 6.07) is 0. The van der Waals surface area contributed by atoms with Gasteiger partial charge in [0.05, 0.1) is 24.9 Å². The summed E-state index contributed by atoms with van der Waals surface area (Å²) < 4.78 is 5.27. The van der Waals surface area contributed by atoms with Crippen molar-refractivity contribution in [1.82, 2.24) is 9.80 Å². The van der Waals surface area contributed by atoms with Crippen LogP contribution >= 0.6 is 12.4 Å². The zero-order valence-corrected chi connectivity index (χ0v) is 14.2. The number of amides is 1. The summed E-state index contributed by atoms with van der Waals surface area (Å²) in [4.78, 5) is 15.9. The molecule has 1 amide bonds. The van der Waals surface area contributed by atoms with Crippen LogP contribution in [0.4, 0.5) is 0 Å². The maximum absolute atomic E-state index is 12.2. The molecule has 7 heteroatoms. The number of hydrogen-bond acceptors (Lipinski definition) is 5. The van der Waals surface area contributed by atoms with E-state index in [-0.39, 0.29) is 18.3 Å². The maximum Gasteiger partial charge on any atom is 0.242 e. The minimum Gasteiger partial charge on any atom is -0.390 e. The van der Waals surface area contributed by atoms with Crippen LogP contribution in [0.3, 0.4) is 0 Å². The lowest BCUT2D eigenvalue weighted by Gasteiger charge is -2.32. The van der Waals surface area contributed by atoms with Crippen molar-refractivity contribution >= 4 is 18.3 Å². The number of nitrogens with zero attached hydrogens (tertiary/aromatic N) is 2. The molecule has 0 aromatic rings. The lowest BCUT2D eigenvalue weighted by Crippen LogP contribution is -2.54. The number of aliphatic hydroxyl groups excluding tert-OH is 1. The van der Waals surface area contributed by atoms with E-state index in [1.807, 2.05) is 6.92 Å². The summed E-state index contributed by atoms with van der Waals surface area (Å²) in [5.41, 5.74) is 5.19. The number of ether oxygens (including phenoxy) is 1. The summed E-state index contributed by atoms with van der Waals surface area (Å²) in [6.07, 6.45) is 0.957. The Morgan fingerprint density at radius 1 is 1.48 bits per heavy atom. The SMILES string of the molecule is CCCC(C)(N)C(=O)N(C)CC(O)CN1CCOCC1.Cl. The molecule has 0 bridgehead atoms. The molecule has 21 heavy (non-hydrogen) atoms. The summed E-state index contributed by atoms with van der Waals surface area (Å²) in [6.45, 7) is 7.72. The second-order valence-electron chi connectivity index (χ2n) is 5.92. The fourth-order valence-electron chi connectivity index (χ4n) is 2.60. The fraction of sp³-hybridized carbons (Fsp3) is 0.929. The Bertz CT molecular complexity index is 310. The minimum atomic E-state index is -0.845. The third-order valence-electron chi connectivity index (χ3n) is 3.66. The third-order valence-corrected chi connectivity index (χ3v) is 3.66. The van der Waals surface area contributed by atoms with E-state index in [0.29, 0.717) is 32.7 Å². The van der Waals surface area contributed by atoms with E-state index < -0.39 is 11.6 Å². The van der Waals surface area contributed by atoms with Crippen LogP contribution in [0.15, 0.2) is 0 Å². The molecule has 1 aliphatic heterocycles. The minimum absolute atomic E-state index is 0.